The predicted molar refractivity (Wildman–Crippen MR) is 97.6 cm³/mol. The van der Waals surface area contributed by atoms with Crippen molar-refractivity contribution in [2.75, 3.05) is 12.0 Å². The van der Waals surface area contributed by atoms with Crippen LogP contribution in [0, 0.1) is 23.1 Å². The lowest BCUT2D eigenvalue weighted by atomic mass is 10.1. The maximum atomic E-state index is 13.3. The number of amides is 2. The van der Waals surface area contributed by atoms with Crippen molar-refractivity contribution in [3.63, 3.8) is 0 Å². The van der Waals surface area contributed by atoms with Crippen molar-refractivity contribution in [3.8, 4) is 6.07 Å². The molecule has 138 valence electrons. The van der Waals surface area contributed by atoms with Gasteiger partial charge < -0.3 is 4.90 Å². The molecule has 2 N–H and O–H groups in total. The zero-order valence-corrected chi connectivity index (χ0v) is 14.8. The number of hydrazine groups is 1. The van der Waals surface area contributed by atoms with E-state index in [-0.39, 0.29) is 29.8 Å². The first-order valence-electron chi connectivity index (χ1n) is 8.59. The number of nitrogens with zero attached hydrogens (tertiary/aromatic N) is 2. The maximum absolute atomic E-state index is 13.3. The Morgan fingerprint density at radius 1 is 1.30 bits per heavy atom. The molecule has 3 rings (SSSR count). The van der Waals surface area contributed by atoms with E-state index in [1.807, 2.05) is 37.3 Å². The predicted octanol–water partition coefficient (Wildman–Crippen LogP) is 2.75. The fraction of sp³-hybridized carbons (Fsp3) is 0.250. The lowest BCUT2D eigenvalue weighted by Gasteiger charge is -2.25. The zero-order valence-electron chi connectivity index (χ0n) is 14.8. The number of halogens is 1. The molecule has 0 aromatic heterocycles. The minimum absolute atomic E-state index is 0.0694. The van der Waals surface area contributed by atoms with Gasteiger partial charge in [-0.25, -0.2) is 4.39 Å². The van der Waals surface area contributed by atoms with Gasteiger partial charge in [0.1, 0.15) is 11.9 Å². The molecule has 0 aliphatic carbocycles. The number of rotatable bonds is 5. The standard InChI is InChI=1S/C20H19FN4O2/c1-13(14-5-3-2-4-6-14)25-12-16(10-19(25)26)20(27)24-23-17-7-8-18(21)15(9-17)11-22/h2-9,13,16,23H,10,12H2,1H3,(H,24,27). The van der Waals surface area contributed by atoms with Gasteiger partial charge in [0, 0.05) is 13.0 Å². The van der Waals surface area contributed by atoms with E-state index in [0.717, 1.165) is 11.6 Å². The van der Waals surface area contributed by atoms with Gasteiger partial charge in [0.15, 0.2) is 0 Å². The topological polar surface area (TPSA) is 85.2 Å². The highest BCUT2D eigenvalue weighted by molar-refractivity contribution is 5.90. The van der Waals surface area contributed by atoms with Gasteiger partial charge in [-0.2, -0.15) is 5.26 Å². The van der Waals surface area contributed by atoms with Crippen LogP contribution in [0.15, 0.2) is 48.5 Å². The summed E-state index contributed by atoms with van der Waals surface area (Å²) in [5, 5.41) is 8.85. The minimum atomic E-state index is -0.624. The Morgan fingerprint density at radius 3 is 2.74 bits per heavy atom. The van der Waals surface area contributed by atoms with Gasteiger partial charge in [-0.1, -0.05) is 30.3 Å². The van der Waals surface area contributed by atoms with Crippen molar-refractivity contribution in [3.05, 3.63) is 65.5 Å². The van der Waals surface area contributed by atoms with Crippen LogP contribution in [0.5, 0.6) is 0 Å². The molecule has 1 saturated heterocycles. The summed E-state index contributed by atoms with van der Waals surface area (Å²) in [6, 6.07) is 15.1. The highest BCUT2D eigenvalue weighted by atomic mass is 19.1. The Hall–Kier alpha value is -3.40. The van der Waals surface area contributed by atoms with Crippen molar-refractivity contribution in [2.24, 2.45) is 5.92 Å². The number of hydrogen-bond acceptors (Lipinski definition) is 4. The summed E-state index contributed by atoms with van der Waals surface area (Å²) in [5.41, 5.74) is 6.48. The highest BCUT2D eigenvalue weighted by Gasteiger charge is 2.37. The van der Waals surface area contributed by atoms with Gasteiger partial charge in [-0.3, -0.25) is 20.4 Å². The van der Waals surface area contributed by atoms with E-state index in [2.05, 4.69) is 10.9 Å². The van der Waals surface area contributed by atoms with E-state index in [9.17, 15) is 14.0 Å². The van der Waals surface area contributed by atoms with Crippen LogP contribution in [0.25, 0.3) is 0 Å². The Labute approximate surface area is 156 Å². The molecular weight excluding hydrogens is 347 g/mol. The van der Waals surface area contributed by atoms with E-state index in [1.165, 1.54) is 12.1 Å². The number of hydrogen-bond donors (Lipinski definition) is 2. The molecule has 1 fully saturated rings. The van der Waals surface area contributed by atoms with Crippen LogP contribution >= 0.6 is 0 Å². The molecule has 1 aliphatic heterocycles. The first-order chi connectivity index (χ1) is 13.0. The molecule has 0 bridgehead atoms. The summed E-state index contributed by atoms with van der Waals surface area (Å²) >= 11 is 0. The summed E-state index contributed by atoms with van der Waals surface area (Å²) in [5.74, 6) is -1.50. The molecule has 7 heteroatoms. The van der Waals surface area contributed by atoms with E-state index in [1.54, 1.807) is 11.0 Å². The molecule has 2 amide bonds. The molecule has 2 unspecified atom stereocenters. The summed E-state index contributed by atoms with van der Waals surface area (Å²) in [6.45, 7) is 2.27. The quantitative estimate of drug-likeness (QED) is 0.797. The van der Waals surface area contributed by atoms with Crippen LogP contribution in [-0.2, 0) is 9.59 Å². The third-order valence-corrected chi connectivity index (χ3v) is 4.70. The Morgan fingerprint density at radius 2 is 2.04 bits per heavy atom. The lowest BCUT2D eigenvalue weighted by molar-refractivity contribution is -0.130. The Balaban J connectivity index is 1.60. The number of benzene rings is 2. The van der Waals surface area contributed by atoms with Crippen LogP contribution in [0.4, 0.5) is 10.1 Å². The van der Waals surface area contributed by atoms with Crippen LogP contribution in [0.3, 0.4) is 0 Å². The molecule has 6 nitrogen and oxygen atoms in total. The average molecular weight is 366 g/mol. The first-order valence-corrected chi connectivity index (χ1v) is 8.59. The van der Waals surface area contributed by atoms with Gasteiger partial charge in [0.25, 0.3) is 0 Å². The smallest absolute Gasteiger partial charge is 0.243 e. The van der Waals surface area contributed by atoms with Crippen molar-refractivity contribution in [1.29, 1.82) is 5.26 Å². The Bertz CT molecular complexity index is 895. The second-order valence-electron chi connectivity index (χ2n) is 6.45. The molecule has 2 atom stereocenters. The first kappa shape index (κ1) is 18.4. The summed E-state index contributed by atoms with van der Waals surface area (Å²) in [6.07, 6.45) is 0.136. The summed E-state index contributed by atoms with van der Waals surface area (Å²) < 4.78 is 13.3. The van der Waals surface area contributed by atoms with E-state index in [0.29, 0.717) is 12.2 Å². The molecule has 0 spiro atoms. The molecule has 1 aliphatic rings. The van der Waals surface area contributed by atoms with Gasteiger partial charge in [0.05, 0.1) is 23.2 Å². The van der Waals surface area contributed by atoms with Crippen molar-refractivity contribution in [2.45, 2.75) is 19.4 Å². The summed E-state index contributed by atoms with van der Waals surface area (Å²) in [7, 11) is 0. The van der Waals surface area contributed by atoms with Gasteiger partial charge in [-0.05, 0) is 30.7 Å². The molecule has 2 aromatic carbocycles. The van der Waals surface area contributed by atoms with Crippen molar-refractivity contribution >= 4 is 17.5 Å². The largest absolute Gasteiger partial charge is 0.335 e. The monoisotopic (exact) mass is 366 g/mol. The Kier molecular flexibility index (Phi) is 5.36. The third kappa shape index (κ3) is 4.06. The average Bonchev–Trinajstić information content (AvgIpc) is 3.09. The van der Waals surface area contributed by atoms with E-state index < -0.39 is 11.7 Å². The van der Waals surface area contributed by atoms with Crippen LogP contribution in [-0.4, -0.2) is 23.3 Å². The van der Waals surface area contributed by atoms with Crippen molar-refractivity contribution < 1.29 is 14.0 Å². The molecule has 0 saturated carbocycles. The second kappa shape index (κ2) is 7.87. The lowest BCUT2D eigenvalue weighted by Crippen LogP contribution is -2.36. The number of nitrogens with one attached hydrogen (secondary N) is 2. The molecule has 1 heterocycles. The van der Waals surface area contributed by atoms with E-state index >= 15 is 0 Å². The van der Waals surface area contributed by atoms with Gasteiger partial charge in [-0.15, -0.1) is 0 Å². The number of carbonyl (C=O) groups is 2. The number of nitriles is 1. The van der Waals surface area contributed by atoms with Gasteiger partial charge in [0.2, 0.25) is 11.8 Å². The molecule has 0 radical (unpaired) electrons. The normalized spacial score (nSPS) is 17.3. The summed E-state index contributed by atoms with van der Waals surface area (Å²) in [4.78, 5) is 26.4. The highest BCUT2D eigenvalue weighted by Crippen LogP contribution is 2.28. The van der Waals surface area contributed by atoms with E-state index in [4.69, 9.17) is 5.26 Å². The maximum Gasteiger partial charge on any atom is 0.243 e. The molecule has 27 heavy (non-hydrogen) atoms. The van der Waals surface area contributed by atoms with Crippen molar-refractivity contribution in [1.82, 2.24) is 10.3 Å². The number of anilines is 1. The second-order valence-corrected chi connectivity index (χ2v) is 6.45. The fourth-order valence-electron chi connectivity index (χ4n) is 3.12. The fourth-order valence-corrected chi connectivity index (χ4v) is 3.12. The molecular formula is C20H19FN4O2. The van der Waals surface area contributed by atoms with Gasteiger partial charge >= 0.3 is 0 Å². The number of likely N-dealkylation sites (tertiary alicyclic amines) is 1. The van der Waals surface area contributed by atoms with Crippen LogP contribution in [0.2, 0.25) is 0 Å². The SMILES string of the molecule is CC(c1ccccc1)N1CC(C(=O)NNc2ccc(F)c(C#N)c2)CC1=O. The van der Waals surface area contributed by atoms with Crippen LogP contribution in [0.1, 0.15) is 30.5 Å². The number of carbonyl (C=O) groups excluding carboxylic acids is 2. The molecule has 2 aromatic rings. The third-order valence-electron chi connectivity index (χ3n) is 4.70. The zero-order chi connectivity index (χ0) is 19.4. The minimum Gasteiger partial charge on any atom is -0.335 e. The van der Waals surface area contributed by atoms with Crippen LogP contribution < -0.4 is 10.9 Å².